The summed E-state index contributed by atoms with van der Waals surface area (Å²) in [7, 11) is 1.60. The first-order valence-corrected chi connectivity index (χ1v) is 6.80. The zero-order chi connectivity index (χ0) is 14.5. The van der Waals surface area contributed by atoms with Crippen LogP contribution in [-0.2, 0) is 16.1 Å². The van der Waals surface area contributed by atoms with Crippen molar-refractivity contribution in [2.75, 3.05) is 19.5 Å². The molecule has 0 aliphatic heterocycles. The van der Waals surface area contributed by atoms with Gasteiger partial charge < -0.3 is 14.4 Å². The van der Waals surface area contributed by atoms with Crippen LogP contribution in [0.5, 0.6) is 0 Å². The number of rotatable bonds is 7. The monoisotopic (exact) mass is 298 g/mol. The molecule has 1 N–H and O–H groups in total. The van der Waals surface area contributed by atoms with E-state index in [1.807, 2.05) is 0 Å². The molecule has 0 atom stereocenters. The van der Waals surface area contributed by atoms with Crippen molar-refractivity contribution in [2.24, 2.45) is 0 Å². The Bertz CT molecular complexity index is 595. The Hall–Kier alpha value is -1.87. The van der Waals surface area contributed by atoms with Gasteiger partial charge >= 0.3 is 5.97 Å². The first-order valence-electron chi connectivity index (χ1n) is 5.82. The molecule has 0 aliphatic rings. The molecule has 0 fully saturated rings. The van der Waals surface area contributed by atoms with Crippen molar-refractivity contribution in [3.8, 4) is 11.4 Å². The third kappa shape index (κ3) is 3.17. The molecule has 108 valence electrons. The van der Waals surface area contributed by atoms with Crippen LogP contribution in [0.2, 0.25) is 0 Å². The molecule has 2 rings (SSSR count). The lowest BCUT2D eigenvalue weighted by molar-refractivity contribution is -0.133. The second kappa shape index (κ2) is 6.53. The number of hydrogen-bond acceptors (Lipinski definition) is 7. The summed E-state index contributed by atoms with van der Waals surface area (Å²) < 4.78 is 11.9. The minimum absolute atomic E-state index is 0.0757. The highest BCUT2D eigenvalue weighted by Crippen LogP contribution is 2.25. The lowest BCUT2D eigenvalue weighted by atomic mass is 10.2. The van der Waals surface area contributed by atoms with Gasteiger partial charge in [0.2, 0.25) is 0 Å². The molecule has 0 aromatic carbocycles. The molecule has 2 aromatic rings. The van der Waals surface area contributed by atoms with E-state index in [4.69, 9.17) is 14.4 Å². The Balaban J connectivity index is 2.31. The maximum atomic E-state index is 10.7. The van der Waals surface area contributed by atoms with E-state index in [0.29, 0.717) is 29.9 Å². The largest absolute Gasteiger partial charge is 0.481 e. The topological polar surface area (TPSA) is 103 Å². The quantitative estimate of drug-likeness (QED) is 0.757. The number of aliphatic carboxylic acids is 1. The first-order chi connectivity index (χ1) is 9.63. The van der Waals surface area contributed by atoms with Gasteiger partial charge in [-0.2, -0.15) is 0 Å². The molecule has 0 bridgehead atoms. The second-order valence-electron chi connectivity index (χ2n) is 3.93. The number of carbonyl (C=O) groups is 1. The Morgan fingerprint density at radius 3 is 2.95 bits per heavy atom. The van der Waals surface area contributed by atoms with Gasteiger partial charge in [-0.15, -0.1) is 10.2 Å². The van der Waals surface area contributed by atoms with Gasteiger partial charge in [0, 0.05) is 7.11 Å². The Kier molecular flexibility index (Phi) is 4.74. The SMILES string of the molecule is COCCn1c(SCC(=O)O)nnc1-c1cnoc1C. The number of nitrogens with zero attached hydrogens (tertiary/aromatic N) is 4. The maximum Gasteiger partial charge on any atom is 0.313 e. The lowest BCUT2D eigenvalue weighted by Crippen LogP contribution is -2.08. The van der Waals surface area contributed by atoms with Crippen LogP contribution < -0.4 is 0 Å². The number of carboxylic acid groups (broad SMARTS) is 1. The number of aryl methyl sites for hydroxylation is 1. The van der Waals surface area contributed by atoms with Crippen LogP contribution >= 0.6 is 11.8 Å². The highest BCUT2D eigenvalue weighted by atomic mass is 32.2. The smallest absolute Gasteiger partial charge is 0.313 e. The molecule has 0 amide bonds. The molecule has 0 saturated heterocycles. The summed E-state index contributed by atoms with van der Waals surface area (Å²) in [6.07, 6.45) is 1.56. The van der Waals surface area contributed by atoms with Crippen LogP contribution in [0.25, 0.3) is 11.4 Å². The Labute approximate surface area is 119 Å². The summed E-state index contributed by atoms with van der Waals surface area (Å²) in [5.41, 5.74) is 0.732. The van der Waals surface area contributed by atoms with Crippen LogP contribution in [-0.4, -0.2) is 50.5 Å². The third-order valence-corrected chi connectivity index (χ3v) is 3.50. The molecule has 20 heavy (non-hydrogen) atoms. The van der Waals surface area contributed by atoms with Crippen LogP contribution in [0.4, 0.5) is 0 Å². The number of hydrogen-bond donors (Lipinski definition) is 1. The lowest BCUT2D eigenvalue weighted by Gasteiger charge is -2.08. The molecule has 2 heterocycles. The van der Waals surface area contributed by atoms with E-state index in [2.05, 4.69) is 15.4 Å². The molecule has 0 radical (unpaired) electrons. The van der Waals surface area contributed by atoms with E-state index in [-0.39, 0.29) is 5.75 Å². The van der Waals surface area contributed by atoms with Crippen LogP contribution in [0.15, 0.2) is 15.9 Å². The fourth-order valence-electron chi connectivity index (χ4n) is 1.62. The number of aromatic nitrogens is 4. The number of thioether (sulfide) groups is 1. The molecule has 8 nitrogen and oxygen atoms in total. The molecule has 2 aromatic heterocycles. The number of carboxylic acids is 1. The average Bonchev–Trinajstić information content (AvgIpc) is 2.99. The zero-order valence-electron chi connectivity index (χ0n) is 11.1. The van der Waals surface area contributed by atoms with Gasteiger partial charge in [-0.3, -0.25) is 9.36 Å². The Morgan fingerprint density at radius 2 is 2.35 bits per heavy atom. The van der Waals surface area contributed by atoms with E-state index >= 15 is 0 Å². The van der Waals surface area contributed by atoms with Crippen LogP contribution in [0.1, 0.15) is 5.76 Å². The average molecular weight is 298 g/mol. The van der Waals surface area contributed by atoms with Gasteiger partial charge in [-0.05, 0) is 6.92 Å². The summed E-state index contributed by atoms with van der Waals surface area (Å²) in [4.78, 5) is 10.7. The summed E-state index contributed by atoms with van der Waals surface area (Å²) in [5.74, 6) is 0.242. The molecular weight excluding hydrogens is 284 g/mol. The summed E-state index contributed by atoms with van der Waals surface area (Å²) in [6.45, 7) is 2.77. The van der Waals surface area contributed by atoms with Crippen LogP contribution in [0, 0.1) is 6.92 Å². The third-order valence-electron chi connectivity index (χ3n) is 2.55. The van der Waals surface area contributed by atoms with Gasteiger partial charge in [0.15, 0.2) is 11.0 Å². The highest BCUT2D eigenvalue weighted by molar-refractivity contribution is 7.99. The second-order valence-corrected chi connectivity index (χ2v) is 4.87. The van der Waals surface area contributed by atoms with Crippen molar-refractivity contribution in [3.05, 3.63) is 12.0 Å². The minimum atomic E-state index is -0.904. The van der Waals surface area contributed by atoms with Gasteiger partial charge in [-0.25, -0.2) is 0 Å². The summed E-state index contributed by atoms with van der Waals surface area (Å²) in [5, 5.41) is 21.1. The van der Waals surface area contributed by atoms with E-state index in [1.165, 1.54) is 0 Å². The number of methoxy groups -OCH3 is 1. The summed E-state index contributed by atoms with van der Waals surface area (Å²) in [6, 6.07) is 0. The molecule has 0 aliphatic carbocycles. The van der Waals surface area contributed by atoms with Gasteiger partial charge in [0.1, 0.15) is 5.76 Å². The van der Waals surface area contributed by atoms with Gasteiger partial charge in [0.05, 0.1) is 30.7 Å². The summed E-state index contributed by atoms with van der Waals surface area (Å²) >= 11 is 1.11. The van der Waals surface area contributed by atoms with Gasteiger partial charge in [-0.1, -0.05) is 16.9 Å². The molecular formula is C11H14N4O4S. The van der Waals surface area contributed by atoms with Crippen molar-refractivity contribution < 1.29 is 19.2 Å². The first kappa shape index (κ1) is 14.5. The standard InChI is InChI=1S/C11H14N4O4S/c1-7-8(5-12-19-7)10-13-14-11(20-6-9(16)17)15(10)3-4-18-2/h5H,3-4,6H2,1-2H3,(H,16,17). The van der Waals surface area contributed by atoms with Crippen molar-refractivity contribution in [3.63, 3.8) is 0 Å². The predicted molar refractivity (Wildman–Crippen MR) is 70.5 cm³/mol. The molecule has 9 heteroatoms. The number of ether oxygens (including phenoxy) is 1. The zero-order valence-corrected chi connectivity index (χ0v) is 11.9. The van der Waals surface area contributed by atoms with Crippen molar-refractivity contribution >= 4 is 17.7 Å². The van der Waals surface area contributed by atoms with Crippen molar-refractivity contribution in [2.45, 2.75) is 18.6 Å². The van der Waals surface area contributed by atoms with Crippen molar-refractivity contribution in [1.82, 2.24) is 19.9 Å². The predicted octanol–water partition coefficient (Wildman–Crippen LogP) is 1.06. The fourth-order valence-corrected chi connectivity index (χ4v) is 2.30. The highest BCUT2D eigenvalue weighted by Gasteiger charge is 2.18. The molecule has 0 unspecified atom stereocenters. The van der Waals surface area contributed by atoms with Crippen molar-refractivity contribution in [1.29, 1.82) is 0 Å². The van der Waals surface area contributed by atoms with E-state index in [9.17, 15) is 4.79 Å². The van der Waals surface area contributed by atoms with Gasteiger partial charge in [0.25, 0.3) is 0 Å². The van der Waals surface area contributed by atoms with E-state index < -0.39 is 5.97 Å². The van der Waals surface area contributed by atoms with Crippen LogP contribution in [0.3, 0.4) is 0 Å². The maximum absolute atomic E-state index is 10.7. The normalized spacial score (nSPS) is 10.9. The van der Waals surface area contributed by atoms with E-state index in [1.54, 1.807) is 24.8 Å². The molecule has 0 spiro atoms. The molecule has 0 saturated carbocycles. The van der Waals surface area contributed by atoms with E-state index in [0.717, 1.165) is 17.3 Å². The fraction of sp³-hybridized carbons (Fsp3) is 0.455. The Morgan fingerprint density at radius 1 is 1.55 bits per heavy atom. The minimum Gasteiger partial charge on any atom is -0.481 e.